The molecule has 1 amide bonds. The van der Waals surface area contributed by atoms with Gasteiger partial charge in [0.15, 0.2) is 0 Å². The van der Waals surface area contributed by atoms with Gasteiger partial charge in [-0.1, -0.05) is 54.1 Å². The van der Waals surface area contributed by atoms with Crippen LogP contribution in [0.1, 0.15) is 86.6 Å². The Labute approximate surface area is 289 Å². The third-order valence-corrected chi connectivity index (χ3v) is 13.2. The van der Waals surface area contributed by atoms with Gasteiger partial charge in [0, 0.05) is 42.8 Å². The highest BCUT2D eigenvalue weighted by Gasteiger charge is 2.44. The fourth-order valence-electron chi connectivity index (χ4n) is 8.80. The number of nitrogens with zero attached hydrogens (tertiary/aromatic N) is 4. The molecule has 3 aliphatic heterocycles. The third-order valence-electron chi connectivity index (χ3n) is 11.1. The topological polar surface area (TPSA) is 87.5 Å². The molecule has 3 aromatic carbocycles. The molecule has 0 saturated carbocycles. The van der Waals surface area contributed by atoms with E-state index in [1.165, 1.54) is 36.1 Å². The van der Waals surface area contributed by atoms with Crippen LogP contribution in [0.15, 0.2) is 77.7 Å². The average Bonchev–Trinajstić information content (AvgIpc) is 3.53. The molecular formula is C38H46ClN5O3S. The zero-order valence-corrected chi connectivity index (χ0v) is 29.7. The number of nitrogens with one attached hydrogen (secondary N) is 1. The summed E-state index contributed by atoms with van der Waals surface area (Å²) in [6.45, 7) is 7.94. The Kier molecular flexibility index (Phi) is 9.17. The first-order valence-corrected chi connectivity index (χ1v) is 19.3. The lowest BCUT2D eigenvalue weighted by molar-refractivity contribution is 0.0606. The molecule has 10 heteroatoms. The van der Waals surface area contributed by atoms with Gasteiger partial charge in [0.2, 0.25) is 10.0 Å². The van der Waals surface area contributed by atoms with Crippen LogP contribution in [0.4, 0.5) is 0 Å². The second-order valence-corrected chi connectivity index (χ2v) is 16.5. The molecule has 48 heavy (non-hydrogen) atoms. The number of sulfonamides is 1. The minimum absolute atomic E-state index is 0.0266. The standard InChI is InChI=1S/C38H46ClN5O3S/c1-26(2)41-48(46,47)36-23-28(13-16-33(36)39)37(45)42-20-17-38(18-21-42,29-9-5-4-6-10-29)19-22-43-30-14-15-31(43)25-32(24-30)44-27(3)40-34-11-7-8-12-35(34)44/h4-13,16,23,26,30-32,41H,14-15,17-22,24-25H2,1-3H3/t30-,31+,32?. The Bertz CT molecular complexity index is 1890. The Morgan fingerprint density at radius 2 is 1.62 bits per heavy atom. The SMILES string of the molecule is Cc1nc2ccccc2n1C1C[C@H]2CC[C@@H](C1)N2CCC1(c2ccccc2)CCN(C(=O)c2ccc(Cl)c(S(=O)(=O)NC(C)C)c2)CC1. The van der Waals surface area contributed by atoms with Crippen molar-refractivity contribution < 1.29 is 13.2 Å². The molecule has 3 fully saturated rings. The summed E-state index contributed by atoms with van der Waals surface area (Å²) < 4.78 is 30.9. The molecule has 254 valence electrons. The van der Waals surface area contributed by atoms with Crippen molar-refractivity contribution in [3.63, 3.8) is 0 Å². The zero-order valence-electron chi connectivity index (χ0n) is 28.1. The second kappa shape index (κ2) is 13.2. The molecule has 1 aromatic heterocycles. The minimum Gasteiger partial charge on any atom is -0.339 e. The summed E-state index contributed by atoms with van der Waals surface area (Å²) in [5, 5.41) is 0.105. The van der Waals surface area contributed by atoms with Crippen molar-refractivity contribution in [3.8, 4) is 0 Å². The molecule has 3 atom stereocenters. The van der Waals surface area contributed by atoms with Gasteiger partial charge in [0.1, 0.15) is 10.7 Å². The summed E-state index contributed by atoms with van der Waals surface area (Å²) >= 11 is 6.30. The van der Waals surface area contributed by atoms with Gasteiger partial charge in [-0.3, -0.25) is 9.69 Å². The molecule has 8 nitrogen and oxygen atoms in total. The predicted octanol–water partition coefficient (Wildman–Crippen LogP) is 7.12. The third kappa shape index (κ3) is 6.30. The minimum atomic E-state index is -3.84. The Morgan fingerprint density at radius 3 is 2.31 bits per heavy atom. The number of fused-ring (bicyclic) bond motifs is 3. The molecule has 0 aliphatic carbocycles. The summed E-state index contributed by atoms with van der Waals surface area (Å²) in [4.78, 5) is 23.2. The quantitative estimate of drug-likeness (QED) is 0.203. The van der Waals surface area contributed by atoms with Gasteiger partial charge in [-0.15, -0.1) is 0 Å². The largest absolute Gasteiger partial charge is 0.339 e. The van der Waals surface area contributed by atoms with Crippen molar-refractivity contribution in [2.75, 3.05) is 19.6 Å². The number of para-hydroxylation sites is 2. The van der Waals surface area contributed by atoms with E-state index in [2.05, 4.69) is 75.7 Å². The number of piperidine rings is 2. The predicted molar refractivity (Wildman–Crippen MR) is 191 cm³/mol. The molecule has 1 N–H and O–H groups in total. The van der Waals surface area contributed by atoms with Gasteiger partial charge in [0.05, 0.1) is 16.1 Å². The van der Waals surface area contributed by atoms with Crippen LogP contribution in [0.25, 0.3) is 11.0 Å². The van der Waals surface area contributed by atoms with Gasteiger partial charge in [-0.2, -0.15) is 0 Å². The van der Waals surface area contributed by atoms with Crippen molar-refractivity contribution in [1.82, 2.24) is 24.1 Å². The fourth-order valence-corrected chi connectivity index (χ4v) is 10.6. The molecule has 4 heterocycles. The Balaban J connectivity index is 1.06. The molecule has 1 unspecified atom stereocenters. The molecule has 2 bridgehead atoms. The van der Waals surface area contributed by atoms with Gasteiger partial charge in [-0.05, 0) is 114 Å². The normalized spacial score (nSPS) is 22.9. The van der Waals surface area contributed by atoms with E-state index in [-0.39, 0.29) is 27.3 Å². The highest BCUT2D eigenvalue weighted by Crippen LogP contribution is 2.45. The van der Waals surface area contributed by atoms with E-state index in [9.17, 15) is 13.2 Å². The average molecular weight is 688 g/mol. The molecule has 7 rings (SSSR count). The molecule has 0 spiro atoms. The molecule has 3 aliphatic rings. The summed E-state index contributed by atoms with van der Waals surface area (Å²) in [7, 11) is -3.84. The highest BCUT2D eigenvalue weighted by atomic mass is 35.5. The van der Waals surface area contributed by atoms with Crippen molar-refractivity contribution in [1.29, 1.82) is 0 Å². The number of imidazole rings is 1. The number of benzene rings is 3. The number of hydrogen-bond donors (Lipinski definition) is 1. The van der Waals surface area contributed by atoms with Gasteiger partial charge >= 0.3 is 0 Å². The molecule has 0 radical (unpaired) electrons. The number of likely N-dealkylation sites (tertiary alicyclic amines) is 1. The van der Waals surface area contributed by atoms with E-state index in [1.54, 1.807) is 19.9 Å². The van der Waals surface area contributed by atoms with E-state index >= 15 is 0 Å². The maximum absolute atomic E-state index is 13.7. The number of aromatic nitrogens is 2. The number of carbonyl (C=O) groups is 1. The summed E-state index contributed by atoms with van der Waals surface area (Å²) in [5.41, 5.74) is 4.00. The second-order valence-electron chi connectivity index (χ2n) is 14.4. The van der Waals surface area contributed by atoms with Crippen LogP contribution in [0.2, 0.25) is 5.02 Å². The highest BCUT2D eigenvalue weighted by molar-refractivity contribution is 7.89. The lowest BCUT2D eigenvalue weighted by Gasteiger charge is -2.45. The summed E-state index contributed by atoms with van der Waals surface area (Å²) in [6.07, 6.45) is 7.59. The van der Waals surface area contributed by atoms with Gasteiger partial charge < -0.3 is 9.47 Å². The Morgan fingerprint density at radius 1 is 0.958 bits per heavy atom. The molecule has 4 aromatic rings. The number of aryl methyl sites for hydroxylation is 1. The zero-order chi connectivity index (χ0) is 33.6. The number of hydrogen-bond acceptors (Lipinski definition) is 5. The van der Waals surface area contributed by atoms with Crippen LogP contribution < -0.4 is 4.72 Å². The lowest BCUT2D eigenvalue weighted by Crippen LogP contribution is -2.49. The summed E-state index contributed by atoms with van der Waals surface area (Å²) in [5.74, 6) is 0.957. The monoisotopic (exact) mass is 687 g/mol. The van der Waals surface area contributed by atoms with E-state index in [0.29, 0.717) is 36.8 Å². The van der Waals surface area contributed by atoms with Crippen LogP contribution in [0.5, 0.6) is 0 Å². The van der Waals surface area contributed by atoms with E-state index in [1.807, 2.05) is 4.90 Å². The first kappa shape index (κ1) is 33.3. The van der Waals surface area contributed by atoms with Crippen LogP contribution in [-0.4, -0.2) is 71.4 Å². The van der Waals surface area contributed by atoms with Crippen molar-refractivity contribution in [3.05, 3.63) is 94.8 Å². The lowest BCUT2D eigenvalue weighted by atomic mass is 9.70. The fraction of sp³-hybridized carbons (Fsp3) is 0.474. The van der Waals surface area contributed by atoms with Crippen molar-refractivity contribution in [2.24, 2.45) is 0 Å². The maximum atomic E-state index is 13.7. The first-order chi connectivity index (χ1) is 23.0. The van der Waals surface area contributed by atoms with Crippen LogP contribution in [0, 0.1) is 6.92 Å². The summed E-state index contributed by atoms with van der Waals surface area (Å²) in [6, 6.07) is 25.2. The van der Waals surface area contributed by atoms with E-state index < -0.39 is 10.0 Å². The van der Waals surface area contributed by atoms with Crippen molar-refractivity contribution in [2.45, 2.75) is 100 Å². The van der Waals surface area contributed by atoms with Crippen molar-refractivity contribution >= 4 is 38.6 Å². The van der Waals surface area contributed by atoms with Crippen LogP contribution in [-0.2, 0) is 15.4 Å². The van der Waals surface area contributed by atoms with Gasteiger partial charge in [-0.25, -0.2) is 18.1 Å². The number of rotatable bonds is 9. The molecule has 3 saturated heterocycles. The molecular weight excluding hydrogens is 642 g/mol. The maximum Gasteiger partial charge on any atom is 0.253 e. The number of amides is 1. The van der Waals surface area contributed by atoms with Crippen LogP contribution in [0.3, 0.4) is 0 Å². The van der Waals surface area contributed by atoms with E-state index in [4.69, 9.17) is 16.6 Å². The number of halogens is 1. The smallest absolute Gasteiger partial charge is 0.253 e. The van der Waals surface area contributed by atoms with E-state index in [0.717, 1.165) is 50.0 Å². The Hall–Kier alpha value is -3.24. The number of carbonyl (C=O) groups excluding carboxylic acids is 1. The first-order valence-electron chi connectivity index (χ1n) is 17.4. The van der Waals surface area contributed by atoms with Gasteiger partial charge in [0.25, 0.3) is 5.91 Å². The van der Waals surface area contributed by atoms with Crippen LogP contribution >= 0.6 is 11.6 Å².